The van der Waals surface area contributed by atoms with Crippen molar-refractivity contribution in [3.63, 3.8) is 0 Å². The molecule has 1 saturated carbocycles. The van der Waals surface area contributed by atoms with E-state index in [1.165, 1.54) is 36.4 Å². The predicted octanol–water partition coefficient (Wildman–Crippen LogP) is 3.00. The van der Waals surface area contributed by atoms with Crippen molar-refractivity contribution in [1.29, 1.82) is 0 Å². The topological polar surface area (TPSA) is 116 Å². The van der Waals surface area contributed by atoms with Gasteiger partial charge in [-0.2, -0.15) is 0 Å². The van der Waals surface area contributed by atoms with Crippen molar-refractivity contribution in [3.05, 3.63) is 108 Å². The number of hydrogen-bond donors (Lipinski definition) is 1. The second-order valence-electron chi connectivity index (χ2n) is 7.90. The standard InChI is InChI=1S/C27H22O8/c28-20-16-21(29)23(34-26(31)18-12-6-2-7-13-18)24(35-27(32)19-14-8-3-9-15-19)22(20)33-25(30)17-10-4-1-5-11-17/h1-15,20,22-24,28H,16H2/t20-,22-,23+,24+/m0/s1. The molecule has 0 amide bonds. The number of ketones is 1. The Morgan fingerprint density at radius 1 is 0.600 bits per heavy atom. The maximum Gasteiger partial charge on any atom is 0.338 e. The first-order valence-electron chi connectivity index (χ1n) is 10.9. The first-order valence-corrected chi connectivity index (χ1v) is 10.9. The number of aliphatic hydroxyl groups is 1. The molecule has 0 aromatic heterocycles. The maximum atomic E-state index is 12.8. The minimum absolute atomic E-state index is 0.168. The number of ether oxygens (including phenoxy) is 3. The predicted molar refractivity (Wildman–Crippen MR) is 123 cm³/mol. The fraction of sp³-hybridized carbons (Fsp3) is 0.185. The summed E-state index contributed by atoms with van der Waals surface area (Å²) in [6, 6.07) is 23.9. The molecule has 0 heterocycles. The highest BCUT2D eigenvalue weighted by Crippen LogP contribution is 2.28. The van der Waals surface area contributed by atoms with E-state index in [4.69, 9.17) is 14.2 Å². The van der Waals surface area contributed by atoms with Crippen LogP contribution in [0.5, 0.6) is 0 Å². The van der Waals surface area contributed by atoms with Gasteiger partial charge in [0.15, 0.2) is 18.0 Å². The highest BCUT2D eigenvalue weighted by molar-refractivity contribution is 5.95. The van der Waals surface area contributed by atoms with E-state index in [9.17, 15) is 24.3 Å². The number of benzene rings is 3. The monoisotopic (exact) mass is 474 g/mol. The van der Waals surface area contributed by atoms with Crippen LogP contribution in [0.25, 0.3) is 0 Å². The normalized spacial score (nSPS) is 21.6. The third kappa shape index (κ3) is 5.62. The van der Waals surface area contributed by atoms with Crippen LogP contribution in [0.15, 0.2) is 91.0 Å². The summed E-state index contributed by atoms with van der Waals surface area (Å²) in [5.74, 6) is -3.12. The van der Waals surface area contributed by atoms with E-state index in [-0.39, 0.29) is 16.7 Å². The van der Waals surface area contributed by atoms with Crippen molar-refractivity contribution >= 4 is 23.7 Å². The van der Waals surface area contributed by atoms with Crippen LogP contribution in [0.3, 0.4) is 0 Å². The number of carbonyl (C=O) groups excluding carboxylic acids is 4. The molecule has 0 spiro atoms. The molecule has 0 bridgehead atoms. The van der Waals surface area contributed by atoms with Crippen LogP contribution in [-0.4, -0.2) is 53.2 Å². The van der Waals surface area contributed by atoms with E-state index in [1.807, 2.05) is 0 Å². The van der Waals surface area contributed by atoms with Gasteiger partial charge in [-0.05, 0) is 36.4 Å². The Bertz CT molecular complexity index is 1190. The minimum Gasteiger partial charge on any atom is -0.452 e. The largest absolute Gasteiger partial charge is 0.452 e. The molecule has 1 N–H and O–H groups in total. The highest BCUT2D eigenvalue weighted by atomic mass is 16.6. The third-order valence-electron chi connectivity index (χ3n) is 5.48. The molecule has 4 rings (SSSR count). The summed E-state index contributed by atoms with van der Waals surface area (Å²) >= 11 is 0. The number of rotatable bonds is 6. The molecule has 178 valence electrons. The minimum atomic E-state index is -1.59. The fourth-order valence-electron chi connectivity index (χ4n) is 3.71. The molecule has 4 atom stereocenters. The van der Waals surface area contributed by atoms with Gasteiger partial charge in [-0.3, -0.25) is 4.79 Å². The molecule has 1 aliphatic carbocycles. The Kier molecular flexibility index (Phi) is 7.32. The van der Waals surface area contributed by atoms with Crippen LogP contribution in [0, 0.1) is 0 Å². The zero-order valence-electron chi connectivity index (χ0n) is 18.5. The van der Waals surface area contributed by atoms with Crippen molar-refractivity contribution in [2.75, 3.05) is 0 Å². The van der Waals surface area contributed by atoms with Crippen LogP contribution in [-0.2, 0) is 19.0 Å². The summed E-state index contributed by atoms with van der Waals surface area (Å²) in [5, 5.41) is 10.6. The average molecular weight is 474 g/mol. The summed E-state index contributed by atoms with van der Waals surface area (Å²) < 4.78 is 16.5. The highest BCUT2D eigenvalue weighted by Gasteiger charge is 2.50. The Labute approximate surface area is 201 Å². The average Bonchev–Trinajstić information content (AvgIpc) is 2.89. The van der Waals surface area contributed by atoms with Gasteiger partial charge in [0, 0.05) is 6.42 Å². The smallest absolute Gasteiger partial charge is 0.338 e. The number of carbonyl (C=O) groups is 4. The quantitative estimate of drug-likeness (QED) is 0.428. The molecular formula is C27H22O8. The molecule has 1 aliphatic rings. The van der Waals surface area contributed by atoms with Gasteiger partial charge in [0.25, 0.3) is 0 Å². The molecule has 1 fully saturated rings. The van der Waals surface area contributed by atoms with Gasteiger partial charge in [0.2, 0.25) is 6.10 Å². The lowest BCUT2D eigenvalue weighted by Gasteiger charge is -2.38. The molecule has 8 heteroatoms. The van der Waals surface area contributed by atoms with Gasteiger partial charge in [-0.1, -0.05) is 54.6 Å². The van der Waals surface area contributed by atoms with E-state index in [0.717, 1.165) is 0 Å². The zero-order chi connectivity index (χ0) is 24.8. The van der Waals surface area contributed by atoms with Gasteiger partial charge >= 0.3 is 17.9 Å². The van der Waals surface area contributed by atoms with E-state index in [0.29, 0.717) is 0 Å². The number of esters is 3. The summed E-state index contributed by atoms with van der Waals surface area (Å²) in [5.41, 5.74) is 0.543. The fourth-order valence-corrected chi connectivity index (χ4v) is 3.71. The molecule has 8 nitrogen and oxygen atoms in total. The number of aliphatic hydroxyl groups excluding tert-OH is 1. The van der Waals surface area contributed by atoms with Crippen molar-refractivity contribution in [2.45, 2.75) is 30.8 Å². The van der Waals surface area contributed by atoms with Crippen molar-refractivity contribution in [2.24, 2.45) is 0 Å². The molecule has 3 aromatic carbocycles. The van der Waals surface area contributed by atoms with Gasteiger partial charge in [0.05, 0.1) is 16.7 Å². The van der Waals surface area contributed by atoms with E-state index in [1.54, 1.807) is 54.6 Å². The first kappa shape index (κ1) is 23.8. The molecule has 35 heavy (non-hydrogen) atoms. The second kappa shape index (κ2) is 10.8. The molecule has 0 unspecified atom stereocenters. The van der Waals surface area contributed by atoms with E-state index in [2.05, 4.69) is 0 Å². The van der Waals surface area contributed by atoms with Gasteiger partial charge in [-0.15, -0.1) is 0 Å². The lowest BCUT2D eigenvalue weighted by Crippen LogP contribution is -2.58. The van der Waals surface area contributed by atoms with E-state index < -0.39 is 54.5 Å². The summed E-state index contributed by atoms with van der Waals surface area (Å²) in [4.78, 5) is 51.1. The summed E-state index contributed by atoms with van der Waals surface area (Å²) in [6.45, 7) is 0. The Morgan fingerprint density at radius 2 is 0.971 bits per heavy atom. The van der Waals surface area contributed by atoms with Gasteiger partial charge in [0.1, 0.15) is 6.10 Å². The Hall–Kier alpha value is -4.30. The Balaban J connectivity index is 1.64. The number of Topliss-reactive ketones (excluding diaryl/α,β-unsaturated/α-hetero) is 1. The van der Waals surface area contributed by atoms with Crippen molar-refractivity contribution in [3.8, 4) is 0 Å². The van der Waals surface area contributed by atoms with Crippen LogP contribution in [0.1, 0.15) is 37.5 Å². The lowest BCUT2D eigenvalue weighted by atomic mass is 9.87. The zero-order valence-corrected chi connectivity index (χ0v) is 18.5. The van der Waals surface area contributed by atoms with Crippen LogP contribution < -0.4 is 0 Å². The molecule has 0 aliphatic heterocycles. The van der Waals surface area contributed by atoms with Crippen LogP contribution >= 0.6 is 0 Å². The SMILES string of the molecule is O=C(O[C@@H]1[C@@H](OC(=O)c2ccccc2)[C@@H](O)CC(=O)[C@H]1OC(=O)c1ccccc1)c1ccccc1. The molecule has 0 radical (unpaired) electrons. The number of hydrogen-bond acceptors (Lipinski definition) is 8. The lowest BCUT2D eigenvalue weighted by molar-refractivity contribution is -0.165. The first-order chi connectivity index (χ1) is 16.9. The third-order valence-corrected chi connectivity index (χ3v) is 5.48. The maximum absolute atomic E-state index is 12.8. The van der Waals surface area contributed by atoms with Crippen molar-refractivity contribution in [1.82, 2.24) is 0 Å². The van der Waals surface area contributed by atoms with Gasteiger partial charge in [-0.25, -0.2) is 14.4 Å². The van der Waals surface area contributed by atoms with Crippen LogP contribution in [0.2, 0.25) is 0 Å². The second-order valence-corrected chi connectivity index (χ2v) is 7.90. The molecular weight excluding hydrogens is 452 g/mol. The summed E-state index contributed by atoms with van der Waals surface area (Å²) in [6.07, 6.45) is -6.55. The van der Waals surface area contributed by atoms with Gasteiger partial charge < -0.3 is 19.3 Å². The van der Waals surface area contributed by atoms with E-state index >= 15 is 0 Å². The molecule has 3 aromatic rings. The van der Waals surface area contributed by atoms with Crippen molar-refractivity contribution < 1.29 is 38.5 Å². The van der Waals surface area contributed by atoms with Crippen LogP contribution in [0.4, 0.5) is 0 Å². The summed E-state index contributed by atoms with van der Waals surface area (Å²) in [7, 11) is 0. The molecule has 0 saturated heterocycles. The Morgan fingerprint density at radius 3 is 1.40 bits per heavy atom.